The quantitative estimate of drug-likeness (QED) is 0.458. The van der Waals surface area contributed by atoms with Crippen LogP contribution < -0.4 is 0 Å². The van der Waals surface area contributed by atoms with Gasteiger partial charge in [-0.15, -0.1) is 0 Å². The Balaban J connectivity index is 2.33. The van der Waals surface area contributed by atoms with Crippen LogP contribution >= 0.6 is 0 Å². The fraction of sp³-hybridized carbons (Fsp3) is 0.667. The molecule has 2 rings (SSSR count). The van der Waals surface area contributed by atoms with Crippen molar-refractivity contribution in [2.75, 3.05) is 0 Å². The summed E-state index contributed by atoms with van der Waals surface area (Å²) in [7, 11) is 0. The third-order valence-corrected chi connectivity index (χ3v) is 3.65. The topological polar surface area (TPSA) is 87.3 Å². The van der Waals surface area contributed by atoms with Gasteiger partial charge in [-0.1, -0.05) is 19.3 Å². The Morgan fingerprint density at radius 1 is 1.43 bits per heavy atom. The molecule has 1 fully saturated rings. The van der Waals surface area contributed by atoms with E-state index in [2.05, 4.69) is 5.10 Å². The Morgan fingerprint density at radius 2 is 2.10 bits per heavy atom. The number of carbonyl (C=O) groups is 1. The minimum atomic E-state index is -3.06. The molecule has 0 radical (unpaired) electrons. The van der Waals surface area contributed by atoms with Gasteiger partial charge in [0.05, 0.1) is 4.92 Å². The Morgan fingerprint density at radius 3 is 2.57 bits per heavy atom. The lowest BCUT2D eigenvalue weighted by Crippen LogP contribution is -2.24. The van der Waals surface area contributed by atoms with E-state index in [4.69, 9.17) is 4.74 Å². The van der Waals surface area contributed by atoms with E-state index >= 15 is 0 Å². The molecular formula is C12H15F2N3O4. The summed E-state index contributed by atoms with van der Waals surface area (Å²) >= 11 is 0. The van der Waals surface area contributed by atoms with Crippen molar-refractivity contribution in [2.45, 2.75) is 44.8 Å². The lowest BCUT2D eigenvalue weighted by molar-refractivity contribution is -0.386. The van der Waals surface area contributed by atoms with Crippen LogP contribution in [-0.2, 0) is 9.53 Å². The predicted molar refractivity (Wildman–Crippen MR) is 66.6 cm³/mol. The summed E-state index contributed by atoms with van der Waals surface area (Å²) in [6, 6.07) is 0. The lowest BCUT2D eigenvalue weighted by atomic mass is 9.88. The molecule has 1 saturated carbocycles. The third-order valence-electron chi connectivity index (χ3n) is 3.65. The zero-order valence-corrected chi connectivity index (χ0v) is 11.2. The van der Waals surface area contributed by atoms with E-state index < -0.39 is 29.0 Å². The van der Waals surface area contributed by atoms with E-state index in [1.54, 1.807) is 0 Å². The Bertz CT molecular complexity index is 515. The zero-order valence-electron chi connectivity index (χ0n) is 11.2. The maximum absolute atomic E-state index is 12.8. The second kappa shape index (κ2) is 6.59. The van der Waals surface area contributed by atoms with E-state index in [0.29, 0.717) is 0 Å². The van der Waals surface area contributed by atoms with Gasteiger partial charge in [-0.3, -0.25) is 14.9 Å². The van der Waals surface area contributed by atoms with Gasteiger partial charge in [-0.2, -0.15) is 5.10 Å². The van der Waals surface area contributed by atoms with E-state index in [-0.39, 0.29) is 12.4 Å². The van der Waals surface area contributed by atoms with Crippen molar-refractivity contribution in [2.24, 2.45) is 5.92 Å². The lowest BCUT2D eigenvalue weighted by Gasteiger charge is -2.28. The van der Waals surface area contributed by atoms with E-state index in [1.807, 2.05) is 0 Å². The van der Waals surface area contributed by atoms with Gasteiger partial charge in [0.25, 0.3) is 12.9 Å². The van der Waals surface area contributed by atoms with Crippen molar-refractivity contribution in [1.29, 1.82) is 0 Å². The normalized spacial score (nSPS) is 17.7. The number of aromatic nitrogens is 2. The molecule has 21 heavy (non-hydrogen) atoms. The molecule has 0 bridgehead atoms. The first-order chi connectivity index (χ1) is 10.0. The molecule has 0 saturated heterocycles. The van der Waals surface area contributed by atoms with Crippen molar-refractivity contribution in [3.8, 4) is 0 Å². The van der Waals surface area contributed by atoms with E-state index in [1.165, 1.54) is 0 Å². The summed E-state index contributed by atoms with van der Waals surface area (Å²) in [5.41, 5.74) is -1.67. The second-order valence-electron chi connectivity index (χ2n) is 4.96. The van der Waals surface area contributed by atoms with Gasteiger partial charge in [-0.25, -0.2) is 13.5 Å². The van der Waals surface area contributed by atoms with Gasteiger partial charge in [0.15, 0.2) is 6.23 Å². The van der Waals surface area contributed by atoms with Crippen LogP contribution in [0.15, 0.2) is 6.20 Å². The number of alkyl halides is 2. The summed E-state index contributed by atoms with van der Waals surface area (Å²) in [5.74, 6) is -0.0750. The molecule has 116 valence electrons. The molecule has 0 aliphatic heterocycles. The van der Waals surface area contributed by atoms with Crippen molar-refractivity contribution in [1.82, 2.24) is 9.78 Å². The molecule has 0 aromatic carbocycles. The number of hydrogen-bond acceptors (Lipinski definition) is 5. The average molecular weight is 303 g/mol. The van der Waals surface area contributed by atoms with Crippen LogP contribution in [0, 0.1) is 16.0 Å². The second-order valence-corrected chi connectivity index (χ2v) is 4.96. The van der Waals surface area contributed by atoms with Crippen LogP contribution in [0.1, 0.15) is 50.5 Å². The van der Waals surface area contributed by atoms with Gasteiger partial charge in [-0.05, 0) is 12.8 Å². The summed E-state index contributed by atoms with van der Waals surface area (Å²) in [4.78, 5) is 20.5. The average Bonchev–Trinajstić information content (AvgIpc) is 2.91. The monoisotopic (exact) mass is 303 g/mol. The van der Waals surface area contributed by atoms with Gasteiger partial charge in [0, 0.05) is 5.92 Å². The van der Waals surface area contributed by atoms with Gasteiger partial charge >= 0.3 is 5.69 Å². The van der Waals surface area contributed by atoms with E-state index in [0.717, 1.165) is 43.0 Å². The first-order valence-corrected chi connectivity index (χ1v) is 6.65. The molecule has 1 aromatic rings. The largest absolute Gasteiger partial charge is 0.442 e. The fourth-order valence-corrected chi connectivity index (χ4v) is 2.69. The van der Waals surface area contributed by atoms with Gasteiger partial charge in [0.2, 0.25) is 5.69 Å². The molecule has 0 amide bonds. The number of nitrogens with zero attached hydrogens (tertiary/aromatic N) is 3. The fourth-order valence-electron chi connectivity index (χ4n) is 2.69. The number of nitro groups is 1. The van der Waals surface area contributed by atoms with Crippen LogP contribution in [0.2, 0.25) is 0 Å². The van der Waals surface area contributed by atoms with Crippen LogP contribution in [0.4, 0.5) is 14.5 Å². The van der Waals surface area contributed by atoms with Crippen molar-refractivity contribution >= 4 is 12.2 Å². The van der Waals surface area contributed by atoms with Crippen molar-refractivity contribution < 1.29 is 23.2 Å². The van der Waals surface area contributed by atoms with Crippen LogP contribution in [0.3, 0.4) is 0 Å². The highest BCUT2D eigenvalue weighted by molar-refractivity contribution is 5.38. The Kier molecular flexibility index (Phi) is 4.81. The molecule has 0 N–H and O–H groups in total. The first kappa shape index (κ1) is 15.3. The first-order valence-electron chi connectivity index (χ1n) is 6.65. The van der Waals surface area contributed by atoms with Gasteiger partial charge in [0.1, 0.15) is 6.20 Å². The highest BCUT2D eigenvalue weighted by Gasteiger charge is 2.33. The summed E-state index contributed by atoms with van der Waals surface area (Å²) in [6.07, 6.45) is 1.43. The highest BCUT2D eigenvalue weighted by Crippen LogP contribution is 2.35. The SMILES string of the molecule is O=COC(C1CCCCC1)n1cc([N+](=O)[O-])c(C(F)F)n1. The number of ether oxygens (including phenoxy) is 1. The summed E-state index contributed by atoms with van der Waals surface area (Å²) in [5, 5.41) is 14.4. The molecule has 1 heterocycles. The molecule has 1 aromatic heterocycles. The van der Waals surface area contributed by atoms with Crippen molar-refractivity contribution in [3.63, 3.8) is 0 Å². The molecule has 1 unspecified atom stereocenters. The van der Waals surface area contributed by atoms with Crippen LogP contribution in [-0.4, -0.2) is 21.2 Å². The molecule has 7 nitrogen and oxygen atoms in total. The maximum Gasteiger partial charge on any atom is 0.316 e. The molecule has 1 atom stereocenters. The Hall–Kier alpha value is -2.06. The minimum absolute atomic E-state index is 0.0750. The predicted octanol–water partition coefficient (Wildman–Crippen LogP) is 2.98. The maximum atomic E-state index is 12.8. The van der Waals surface area contributed by atoms with Gasteiger partial charge < -0.3 is 4.74 Å². The number of halogens is 2. The Labute approximate surface area is 119 Å². The molecule has 1 aliphatic carbocycles. The smallest absolute Gasteiger partial charge is 0.316 e. The van der Waals surface area contributed by atoms with Crippen molar-refractivity contribution in [3.05, 3.63) is 22.0 Å². The molecule has 9 heteroatoms. The van der Waals surface area contributed by atoms with E-state index in [9.17, 15) is 23.7 Å². The number of rotatable bonds is 6. The number of hydrogen-bond donors (Lipinski definition) is 0. The summed E-state index contributed by atoms with van der Waals surface area (Å²) < 4.78 is 31.5. The standard InChI is InChI=1S/C12H15F2N3O4/c13-11(14)10-9(17(19)20)6-16(15-10)12(21-7-18)8-4-2-1-3-5-8/h6-8,11-12H,1-5H2. The minimum Gasteiger partial charge on any atom is -0.442 e. The van der Waals surface area contributed by atoms with Crippen LogP contribution in [0.25, 0.3) is 0 Å². The molecule has 0 spiro atoms. The molecular weight excluding hydrogens is 288 g/mol. The third kappa shape index (κ3) is 3.34. The number of carbonyl (C=O) groups excluding carboxylic acids is 1. The highest BCUT2D eigenvalue weighted by atomic mass is 19.3. The molecule has 1 aliphatic rings. The van der Waals surface area contributed by atoms with Crippen LogP contribution in [0.5, 0.6) is 0 Å². The zero-order chi connectivity index (χ0) is 15.4. The summed E-state index contributed by atoms with van der Waals surface area (Å²) in [6.45, 7) is 0.217.